The van der Waals surface area contributed by atoms with Crippen molar-refractivity contribution in [1.29, 1.82) is 0 Å². The van der Waals surface area contributed by atoms with Crippen molar-refractivity contribution in [3.05, 3.63) is 28.8 Å². The predicted octanol–water partition coefficient (Wildman–Crippen LogP) is 3.23. The molecule has 1 N–H and O–H groups in total. The number of piperidine rings is 1. The number of aliphatic hydroxyl groups is 1. The molecule has 2 fully saturated rings. The van der Waals surface area contributed by atoms with Gasteiger partial charge in [0.05, 0.1) is 28.7 Å². The summed E-state index contributed by atoms with van der Waals surface area (Å²) in [6.45, 7) is 0.600. The fourth-order valence-electron chi connectivity index (χ4n) is 3.91. The first kappa shape index (κ1) is 20.1. The number of alkyl halides is 3. The molecule has 3 rings (SSSR count). The second kappa shape index (κ2) is 7.77. The van der Waals surface area contributed by atoms with Crippen molar-refractivity contribution in [2.45, 2.75) is 50.4 Å². The van der Waals surface area contributed by atoms with Gasteiger partial charge >= 0.3 is 6.18 Å². The maximum Gasteiger partial charge on any atom is 0.417 e. The van der Waals surface area contributed by atoms with E-state index in [1.807, 2.05) is 4.90 Å². The molecule has 0 radical (unpaired) electrons. The van der Waals surface area contributed by atoms with Crippen LogP contribution in [0.3, 0.4) is 0 Å². The number of halogens is 4. The van der Waals surface area contributed by atoms with E-state index in [0.29, 0.717) is 13.0 Å². The van der Waals surface area contributed by atoms with Crippen LogP contribution in [0, 0.1) is 0 Å². The van der Waals surface area contributed by atoms with E-state index in [9.17, 15) is 27.9 Å². The van der Waals surface area contributed by atoms with Gasteiger partial charge in [0.2, 0.25) is 5.91 Å². The summed E-state index contributed by atoms with van der Waals surface area (Å²) in [6.07, 6.45) is -1.60. The Morgan fingerprint density at radius 2 is 1.96 bits per heavy atom. The summed E-state index contributed by atoms with van der Waals surface area (Å²) < 4.78 is 39.3. The maximum atomic E-state index is 13.1. The Bertz CT molecular complexity index is 739. The molecule has 1 aromatic carbocycles. The molecule has 2 aliphatic heterocycles. The second-order valence-corrected chi connectivity index (χ2v) is 7.26. The predicted molar refractivity (Wildman–Crippen MR) is 93.4 cm³/mol. The smallest absolute Gasteiger partial charge is 0.396 e. The van der Waals surface area contributed by atoms with Crippen molar-refractivity contribution in [3.8, 4) is 0 Å². The number of hydrogen-bond donors (Lipinski definition) is 1. The minimum atomic E-state index is -4.68. The van der Waals surface area contributed by atoms with Crippen molar-refractivity contribution < 1.29 is 27.9 Å². The molecule has 9 heteroatoms. The van der Waals surface area contributed by atoms with Gasteiger partial charge in [-0.25, -0.2) is 4.90 Å². The quantitative estimate of drug-likeness (QED) is 0.783. The lowest BCUT2D eigenvalue weighted by molar-refractivity contribution is -0.137. The van der Waals surface area contributed by atoms with Gasteiger partial charge in [-0.05, 0) is 44.0 Å². The monoisotopic (exact) mass is 404 g/mol. The SMILES string of the molecule is O=C1C[C@@H](N2CCCC[C@H]2CCO)C(=O)N1c1ccc(Cl)c(C(F)(F)F)c1. The first-order valence-corrected chi connectivity index (χ1v) is 9.22. The summed E-state index contributed by atoms with van der Waals surface area (Å²) >= 11 is 5.62. The normalized spacial score (nSPS) is 24.7. The van der Waals surface area contributed by atoms with Gasteiger partial charge in [0.25, 0.3) is 5.91 Å². The molecule has 0 aliphatic carbocycles. The molecule has 2 amide bonds. The first-order valence-electron chi connectivity index (χ1n) is 8.84. The molecule has 0 spiro atoms. The molecule has 27 heavy (non-hydrogen) atoms. The van der Waals surface area contributed by atoms with E-state index in [1.165, 1.54) is 6.07 Å². The van der Waals surface area contributed by atoms with Crippen LogP contribution in [0.5, 0.6) is 0 Å². The van der Waals surface area contributed by atoms with E-state index in [1.54, 1.807) is 0 Å². The largest absolute Gasteiger partial charge is 0.417 e. The minimum Gasteiger partial charge on any atom is -0.396 e. The number of hydrogen-bond acceptors (Lipinski definition) is 4. The molecule has 0 bridgehead atoms. The van der Waals surface area contributed by atoms with Gasteiger partial charge in [0.15, 0.2) is 0 Å². The van der Waals surface area contributed by atoms with Gasteiger partial charge in [-0.15, -0.1) is 0 Å². The molecule has 2 saturated heterocycles. The van der Waals surface area contributed by atoms with Crippen molar-refractivity contribution in [1.82, 2.24) is 4.90 Å². The average molecular weight is 405 g/mol. The van der Waals surface area contributed by atoms with Crippen LogP contribution in [-0.4, -0.2) is 47.1 Å². The fourth-order valence-corrected chi connectivity index (χ4v) is 4.13. The van der Waals surface area contributed by atoms with Gasteiger partial charge in [0, 0.05) is 12.6 Å². The van der Waals surface area contributed by atoms with Crippen LogP contribution < -0.4 is 4.90 Å². The van der Waals surface area contributed by atoms with Gasteiger partial charge in [-0.3, -0.25) is 14.5 Å². The molecule has 2 aliphatic rings. The lowest BCUT2D eigenvalue weighted by Gasteiger charge is -2.38. The van der Waals surface area contributed by atoms with E-state index in [4.69, 9.17) is 11.6 Å². The highest BCUT2D eigenvalue weighted by Crippen LogP contribution is 2.38. The number of benzene rings is 1. The summed E-state index contributed by atoms with van der Waals surface area (Å²) in [5, 5.41) is 8.77. The number of carbonyl (C=O) groups excluding carboxylic acids is 2. The number of aliphatic hydroxyl groups excluding tert-OH is 1. The van der Waals surface area contributed by atoms with Gasteiger partial charge < -0.3 is 5.11 Å². The van der Waals surface area contributed by atoms with Gasteiger partial charge in [-0.2, -0.15) is 13.2 Å². The number of imide groups is 1. The second-order valence-electron chi connectivity index (χ2n) is 6.85. The zero-order valence-electron chi connectivity index (χ0n) is 14.5. The average Bonchev–Trinajstić information content (AvgIpc) is 2.90. The van der Waals surface area contributed by atoms with Crippen molar-refractivity contribution in [2.24, 2.45) is 0 Å². The van der Waals surface area contributed by atoms with Crippen LogP contribution >= 0.6 is 11.6 Å². The first-order chi connectivity index (χ1) is 12.7. The molecule has 5 nitrogen and oxygen atoms in total. The molecular weight excluding hydrogens is 385 g/mol. The molecule has 148 valence electrons. The van der Waals surface area contributed by atoms with Gasteiger partial charge in [0.1, 0.15) is 0 Å². The maximum absolute atomic E-state index is 13.1. The third kappa shape index (κ3) is 3.97. The molecule has 0 unspecified atom stereocenters. The topological polar surface area (TPSA) is 60.9 Å². The molecule has 2 heterocycles. The summed E-state index contributed by atoms with van der Waals surface area (Å²) in [7, 11) is 0. The van der Waals surface area contributed by atoms with Crippen molar-refractivity contribution >= 4 is 29.1 Å². The van der Waals surface area contributed by atoms with Crippen molar-refractivity contribution in [3.63, 3.8) is 0 Å². The van der Waals surface area contributed by atoms with Crippen LogP contribution in [0.2, 0.25) is 5.02 Å². The summed E-state index contributed by atoms with van der Waals surface area (Å²) in [6, 6.07) is 2.31. The van der Waals surface area contributed by atoms with Crippen LogP contribution in [-0.2, 0) is 15.8 Å². The van der Waals surface area contributed by atoms with Gasteiger partial charge in [-0.1, -0.05) is 18.0 Å². The number of carbonyl (C=O) groups is 2. The Morgan fingerprint density at radius 1 is 1.22 bits per heavy atom. The highest BCUT2D eigenvalue weighted by Gasteiger charge is 2.45. The Kier molecular flexibility index (Phi) is 5.79. The van der Waals surface area contributed by atoms with Crippen LogP contribution in [0.15, 0.2) is 18.2 Å². The van der Waals surface area contributed by atoms with E-state index < -0.39 is 34.6 Å². The van der Waals surface area contributed by atoms with E-state index in [2.05, 4.69) is 0 Å². The lowest BCUT2D eigenvalue weighted by atomic mass is 9.97. The summed E-state index contributed by atoms with van der Waals surface area (Å²) in [4.78, 5) is 28.1. The molecule has 2 atom stereocenters. The third-order valence-corrected chi connectivity index (χ3v) is 5.50. The highest BCUT2D eigenvalue weighted by atomic mass is 35.5. The van der Waals surface area contributed by atoms with E-state index >= 15 is 0 Å². The number of likely N-dealkylation sites (tertiary alicyclic amines) is 1. The summed E-state index contributed by atoms with van der Waals surface area (Å²) in [5.74, 6) is -1.06. The standard InChI is InChI=1S/C18H20ClF3N2O3/c19-14-5-4-12(9-13(14)18(20,21)22)24-16(26)10-15(17(24)27)23-7-2-1-3-11(23)6-8-25/h4-5,9,11,15,25H,1-3,6-8,10H2/t11-,15+/m0/s1. The zero-order chi connectivity index (χ0) is 19.8. The van der Waals surface area contributed by atoms with Crippen LogP contribution in [0.1, 0.15) is 37.7 Å². The van der Waals surface area contributed by atoms with E-state index in [-0.39, 0.29) is 24.8 Å². The number of rotatable bonds is 4. The number of amides is 2. The fraction of sp³-hybridized carbons (Fsp3) is 0.556. The van der Waals surface area contributed by atoms with Crippen LogP contribution in [0.4, 0.5) is 18.9 Å². The Balaban J connectivity index is 1.88. The summed E-state index contributed by atoms with van der Waals surface area (Å²) in [5.41, 5.74) is -1.21. The van der Waals surface area contributed by atoms with Crippen molar-refractivity contribution in [2.75, 3.05) is 18.1 Å². The molecule has 1 aromatic rings. The number of anilines is 1. The Morgan fingerprint density at radius 3 is 2.63 bits per heavy atom. The third-order valence-electron chi connectivity index (χ3n) is 5.17. The zero-order valence-corrected chi connectivity index (χ0v) is 15.3. The minimum absolute atomic E-state index is 0.0126. The molecule has 0 saturated carbocycles. The van der Waals surface area contributed by atoms with Crippen LogP contribution in [0.25, 0.3) is 0 Å². The lowest BCUT2D eigenvalue weighted by Crippen LogP contribution is -2.50. The molecular formula is C18H20ClF3N2O3. The highest BCUT2D eigenvalue weighted by molar-refractivity contribution is 6.31. The molecule has 0 aromatic heterocycles. The number of nitrogens with zero attached hydrogens (tertiary/aromatic N) is 2. The Hall–Kier alpha value is -1.64. The van der Waals surface area contributed by atoms with E-state index in [0.717, 1.165) is 36.3 Å². The Labute approximate surface area is 159 Å².